The van der Waals surface area contributed by atoms with Gasteiger partial charge in [0.2, 0.25) is 0 Å². The van der Waals surface area contributed by atoms with Crippen LogP contribution in [0, 0.1) is 17.1 Å². The fraction of sp³-hybridized carbons (Fsp3) is 0.222. The number of esters is 1. The predicted molar refractivity (Wildman–Crippen MR) is 95.8 cm³/mol. The first-order chi connectivity index (χ1) is 11.9. The zero-order valence-corrected chi connectivity index (χ0v) is 14.6. The third-order valence-corrected chi connectivity index (χ3v) is 3.60. The molecule has 1 aromatic heterocycles. The number of nitriles is 1. The lowest BCUT2D eigenvalue weighted by Crippen LogP contribution is -2.38. The number of aromatic nitrogens is 1. The zero-order chi connectivity index (χ0) is 18.4. The van der Waals surface area contributed by atoms with Crippen molar-refractivity contribution in [1.82, 2.24) is 4.98 Å². The highest BCUT2D eigenvalue weighted by Gasteiger charge is 2.18. The van der Waals surface area contributed by atoms with E-state index in [0.717, 1.165) is 0 Å². The van der Waals surface area contributed by atoms with Gasteiger partial charge >= 0.3 is 5.97 Å². The van der Waals surface area contributed by atoms with Crippen LogP contribution >= 0.6 is 12.2 Å². The van der Waals surface area contributed by atoms with E-state index in [1.165, 1.54) is 24.3 Å². The van der Waals surface area contributed by atoms with Crippen molar-refractivity contribution in [2.45, 2.75) is 19.9 Å². The number of carbonyl (C=O) groups is 1. The van der Waals surface area contributed by atoms with Crippen molar-refractivity contribution in [2.75, 3.05) is 11.5 Å². The number of pyridine rings is 1. The van der Waals surface area contributed by atoms with Crippen molar-refractivity contribution in [3.63, 3.8) is 0 Å². The largest absolute Gasteiger partial charge is 0.454 e. The van der Waals surface area contributed by atoms with Gasteiger partial charge in [0.15, 0.2) is 0 Å². The van der Waals surface area contributed by atoms with Crippen LogP contribution in [0.3, 0.4) is 0 Å². The Hall–Kier alpha value is -2.85. The number of carbonyl (C=O) groups excluding carboxylic acids is 1. The summed E-state index contributed by atoms with van der Waals surface area (Å²) in [6.45, 7) is 3.73. The standard InChI is InChI=1S/C18H16FN3O2S/c1-12(2)22(15-8-6-13(19)7-9-15)17(25)11-24-18(23)16-5-3-4-14(10-20)21-16/h3-9,12H,11H2,1-2H3. The summed E-state index contributed by atoms with van der Waals surface area (Å²) in [6.07, 6.45) is 0. The lowest BCUT2D eigenvalue weighted by atomic mass is 10.2. The summed E-state index contributed by atoms with van der Waals surface area (Å²) in [7, 11) is 0. The molecule has 0 fully saturated rings. The van der Waals surface area contributed by atoms with Crippen molar-refractivity contribution in [1.29, 1.82) is 5.26 Å². The molecule has 0 saturated heterocycles. The van der Waals surface area contributed by atoms with E-state index >= 15 is 0 Å². The van der Waals surface area contributed by atoms with E-state index in [1.54, 1.807) is 23.1 Å². The molecule has 1 heterocycles. The second-order valence-corrected chi connectivity index (χ2v) is 5.90. The van der Waals surface area contributed by atoms with Crippen LogP contribution in [0.1, 0.15) is 30.0 Å². The summed E-state index contributed by atoms with van der Waals surface area (Å²) in [6, 6.07) is 12.3. The Labute approximate surface area is 150 Å². The minimum absolute atomic E-state index is 0.00305. The maximum Gasteiger partial charge on any atom is 0.357 e. The molecule has 0 radical (unpaired) electrons. The highest BCUT2D eigenvalue weighted by molar-refractivity contribution is 7.80. The monoisotopic (exact) mass is 357 g/mol. The Balaban J connectivity index is 2.07. The zero-order valence-electron chi connectivity index (χ0n) is 13.8. The van der Waals surface area contributed by atoms with Gasteiger partial charge in [-0.2, -0.15) is 5.26 Å². The first kappa shape index (κ1) is 18.5. The quantitative estimate of drug-likeness (QED) is 0.603. The molecule has 0 aliphatic carbocycles. The molecule has 0 amide bonds. The molecule has 0 atom stereocenters. The van der Waals surface area contributed by atoms with Crippen molar-refractivity contribution < 1.29 is 13.9 Å². The Morgan fingerprint density at radius 1 is 1.32 bits per heavy atom. The van der Waals surface area contributed by atoms with Crippen LogP contribution < -0.4 is 4.90 Å². The molecule has 0 aliphatic heterocycles. The van der Waals surface area contributed by atoms with Gasteiger partial charge in [-0.25, -0.2) is 14.2 Å². The van der Waals surface area contributed by atoms with Gasteiger partial charge in [-0.3, -0.25) is 0 Å². The second kappa shape index (κ2) is 8.31. The molecule has 1 aromatic carbocycles. The molecule has 0 bridgehead atoms. The SMILES string of the molecule is CC(C)N(C(=S)COC(=O)c1cccc(C#N)n1)c1ccc(F)cc1. The van der Waals surface area contributed by atoms with E-state index in [9.17, 15) is 9.18 Å². The molecule has 0 aliphatic rings. The number of ether oxygens (including phenoxy) is 1. The predicted octanol–water partition coefficient (Wildman–Crippen LogP) is 3.49. The maximum atomic E-state index is 13.1. The normalized spacial score (nSPS) is 10.2. The van der Waals surface area contributed by atoms with Crippen LogP contribution in [0.4, 0.5) is 10.1 Å². The van der Waals surface area contributed by atoms with Crippen LogP contribution in [-0.4, -0.2) is 28.6 Å². The van der Waals surface area contributed by atoms with E-state index in [-0.39, 0.29) is 29.9 Å². The number of thiocarbonyl (C=S) groups is 1. The van der Waals surface area contributed by atoms with Gasteiger partial charge in [-0.05, 0) is 50.2 Å². The summed E-state index contributed by atoms with van der Waals surface area (Å²) < 4.78 is 18.3. The lowest BCUT2D eigenvalue weighted by molar-refractivity contribution is 0.0557. The minimum atomic E-state index is -0.665. The Morgan fingerprint density at radius 3 is 2.60 bits per heavy atom. The second-order valence-electron chi connectivity index (χ2n) is 5.43. The first-order valence-electron chi connectivity index (χ1n) is 7.54. The number of anilines is 1. The molecular formula is C18H16FN3O2S. The molecule has 5 nitrogen and oxygen atoms in total. The number of benzene rings is 1. The van der Waals surface area contributed by atoms with Gasteiger partial charge in [0.25, 0.3) is 0 Å². The first-order valence-corrected chi connectivity index (χ1v) is 7.95. The summed E-state index contributed by atoms with van der Waals surface area (Å²) in [5, 5.41) is 8.82. The number of hydrogen-bond donors (Lipinski definition) is 0. The molecular weight excluding hydrogens is 341 g/mol. The van der Waals surface area contributed by atoms with Gasteiger partial charge in [0.05, 0.1) is 0 Å². The highest BCUT2D eigenvalue weighted by Crippen LogP contribution is 2.19. The van der Waals surface area contributed by atoms with Gasteiger partial charge in [-0.15, -0.1) is 0 Å². The number of halogens is 1. The van der Waals surface area contributed by atoms with Crippen molar-refractivity contribution in [3.05, 3.63) is 59.7 Å². The fourth-order valence-electron chi connectivity index (χ4n) is 2.21. The highest BCUT2D eigenvalue weighted by atomic mass is 32.1. The number of rotatable bonds is 5. The Kier molecular flexibility index (Phi) is 6.14. The molecule has 0 unspecified atom stereocenters. The van der Waals surface area contributed by atoms with E-state index in [4.69, 9.17) is 22.2 Å². The van der Waals surface area contributed by atoms with Crippen LogP contribution in [0.25, 0.3) is 0 Å². The van der Waals surface area contributed by atoms with Gasteiger partial charge in [0.1, 0.15) is 34.9 Å². The van der Waals surface area contributed by atoms with Crippen LogP contribution in [0.2, 0.25) is 0 Å². The van der Waals surface area contributed by atoms with Crippen molar-refractivity contribution in [3.8, 4) is 6.07 Å². The van der Waals surface area contributed by atoms with Crippen LogP contribution in [0.15, 0.2) is 42.5 Å². The fourth-order valence-corrected chi connectivity index (χ4v) is 2.59. The maximum absolute atomic E-state index is 13.1. The third kappa shape index (κ3) is 4.81. The average Bonchev–Trinajstić information content (AvgIpc) is 2.61. The Bertz CT molecular complexity index is 816. The summed E-state index contributed by atoms with van der Waals surface area (Å²) in [5.41, 5.74) is 0.883. The third-order valence-electron chi connectivity index (χ3n) is 3.29. The van der Waals surface area contributed by atoms with Crippen LogP contribution in [-0.2, 0) is 4.74 Å². The van der Waals surface area contributed by atoms with E-state index in [2.05, 4.69) is 4.98 Å². The minimum Gasteiger partial charge on any atom is -0.454 e. The van der Waals surface area contributed by atoms with Crippen molar-refractivity contribution >= 4 is 28.9 Å². The number of nitrogens with zero attached hydrogens (tertiary/aromatic N) is 3. The van der Waals surface area contributed by atoms with Gasteiger partial charge in [0, 0.05) is 11.7 Å². The van der Waals surface area contributed by atoms with Gasteiger partial charge in [-0.1, -0.05) is 18.3 Å². The molecule has 0 N–H and O–H groups in total. The summed E-state index contributed by atoms with van der Waals surface area (Å²) in [5.74, 6) is -1.00. The molecule has 7 heteroatoms. The topological polar surface area (TPSA) is 66.2 Å². The van der Waals surface area contributed by atoms with Crippen molar-refractivity contribution in [2.24, 2.45) is 0 Å². The summed E-state index contributed by atoms with van der Waals surface area (Å²) >= 11 is 5.37. The molecule has 2 rings (SSSR count). The smallest absolute Gasteiger partial charge is 0.357 e. The van der Waals surface area contributed by atoms with E-state index < -0.39 is 5.97 Å². The molecule has 25 heavy (non-hydrogen) atoms. The molecule has 0 spiro atoms. The average molecular weight is 357 g/mol. The van der Waals surface area contributed by atoms with Crippen LogP contribution in [0.5, 0.6) is 0 Å². The lowest BCUT2D eigenvalue weighted by Gasteiger charge is -2.29. The van der Waals surface area contributed by atoms with E-state index in [1.807, 2.05) is 19.9 Å². The Morgan fingerprint density at radius 2 is 2.00 bits per heavy atom. The molecule has 0 saturated carbocycles. The summed E-state index contributed by atoms with van der Waals surface area (Å²) in [4.78, 5) is 18.1. The van der Waals surface area contributed by atoms with E-state index in [0.29, 0.717) is 10.7 Å². The number of hydrogen-bond acceptors (Lipinski definition) is 5. The molecule has 128 valence electrons. The molecule has 2 aromatic rings. The van der Waals surface area contributed by atoms with Gasteiger partial charge < -0.3 is 9.64 Å².